The predicted octanol–water partition coefficient (Wildman–Crippen LogP) is 2.92. The van der Waals surface area contributed by atoms with E-state index in [1.165, 1.54) is 25.2 Å². The molecule has 0 saturated carbocycles. The van der Waals surface area contributed by atoms with Crippen LogP contribution in [0.4, 0.5) is 19.3 Å². The highest BCUT2D eigenvalue weighted by Gasteiger charge is 2.16. The van der Waals surface area contributed by atoms with Gasteiger partial charge in [-0.1, -0.05) is 17.7 Å². The molecule has 0 saturated heterocycles. The van der Waals surface area contributed by atoms with Gasteiger partial charge in [-0.2, -0.15) is 0 Å². The molecule has 2 N–H and O–H groups in total. The molecule has 0 aliphatic carbocycles. The molecule has 1 aromatic carbocycles. The minimum absolute atomic E-state index is 0.00500. The first-order valence-corrected chi connectivity index (χ1v) is 6.62. The van der Waals surface area contributed by atoms with Crippen LogP contribution in [-0.2, 0) is 4.79 Å². The van der Waals surface area contributed by atoms with Crippen LogP contribution in [-0.4, -0.2) is 48.6 Å². The zero-order valence-corrected chi connectivity index (χ0v) is 12.4. The van der Waals surface area contributed by atoms with Gasteiger partial charge in [-0.05, 0) is 12.1 Å². The van der Waals surface area contributed by atoms with Gasteiger partial charge < -0.3 is 20.1 Å². The molecule has 0 atom stereocenters. The van der Waals surface area contributed by atoms with Crippen LogP contribution in [0, 0.1) is 0 Å². The van der Waals surface area contributed by atoms with Gasteiger partial charge in [-0.3, -0.25) is 4.79 Å². The number of hydrogen-bond donors (Lipinski definition) is 2. The van der Waals surface area contributed by atoms with Crippen molar-refractivity contribution in [2.45, 2.75) is 12.8 Å². The molecule has 9 heteroatoms. The molecule has 0 spiro atoms. The van der Waals surface area contributed by atoms with E-state index in [2.05, 4.69) is 5.32 Å². The molecule has 6 nitrogen and oxygen atoms in total. The number of ether oxygens (including phenoxy) is 1. The summed E-state index contributed by atoms with van der Waals surface area (Å²) in [5.41, 5.74) is 0.125. The average Bonchev–Trinajstić information content (AvgIpc) is 2.43. The SMILES string of the molecule is CN(CCC(=O)O)C(=O)Nc1cccc(Cl)c1OCC(F)F. The third-order valence-electron chi connectivity index (χ3n) is 2.57. The number of carbonyl (C=O) groups excluding carboxylic acids is 1. The van der Waals surface area contributed by atoms with Crippen molar-refractivity contribution in [3.8, 4) is 5.75 Å². The van der Waals surface area contributed by atoms with Gasteiger partial charge in [0.2, 0.25) is 0 Å². The second kappa shape index (κ2) is 8.38. The Morgan fingerprint density at radius 1 is 1.45 bits per heavy atom. The van der Waals surface area contributed by atoms with Crippen molar-refractivity contribution < 1.29 is 28.2 Å². The molecule has 0 aromatic heterocycles. The highest BCUT2D eigenvalue weighted by molar-refractivity contribution is 6.32. The maximum atomic E-state index is 12.2. The van der Waals surface area contributed by atoms with Crippen molar-refractivity contribution >= 4 is 29.3 Å². The van der Waals surface area contributed by atoms with E-state index < -0.39 is 25.0 Å². The standard InChI is InChI=1S/C13H15ClF2N2O4/c1-18(6-5-11(19)20)13(21)17-9-4-2-3-8(14)12(9)22-7-10(15)16/h2-4,10H,5-7H2,1H3,(H,17,21)(H,19,20). The summed E-state index contributed by atoms with van der Waals surface area (Å²) in [5.74, 6) is -1.10. The number of nitrogens with one attached hydrogen (secondary N) is 1. The number of carboxylic acids is 1. The van der Waals surface area contributed by atoms with Crippen LogP contribution in [0.2, 0.25) is 5.02 Å². The molecular formula is C13H15ClF2N2O4. The number of para-hydroxylation sites is 1. The first-order valence-electron chi connectivity index (χ1n) is 6.24. The smallest absolute Gasteiger partial charge is 0.321 e. The van der Waals surface area contributed by atoms with E-state index in [1.54, 1.807) is 0 Å². The van der Waals surface area contributed by atoms with Gasteiger partial charge in [0, 0.05) is 13.6 Å². The van der Waals surface area contributed by atoms with Gasteiger partial charge in [-0.25, -0.2) is 13.6 Å². The predicted molar refractivity (Wildman–Crippen MR) is 76.9 cm³/mol. The number of carbonyl (C=O) groups is 2. The average molecular weight is 337 g/mol. The number of benzene rings is 1. The highest BCUT2D eigenvalue weighted by atomic mass is 35.5. The molecule has 0 unspecified atom stereocenters. The van der Waals surface area contributed by atoms with E-state index in [0.29, 0.717) is 0 Å². The van der Waals surface area contributed by atoms with E-state index in [-0.39, 0.29) is 29.4 Å². The lowest BCUT2D eigenvalue weighted by atomic mass is 10.3. The summed E-state index contributed by atoms with van der Waals surface area (Å²) < 4.78 is 29.4. The van der Waals surface area contributed by atoms with Crippen LogP contribution in [0.15, 0.2) is 18.2 Å². The summed E-state index contributed by atoms with van der Waals surface area (Å²) in [6.45, 7) is -0.865. The van der Waals surface area contributed by atoms with E-state index >= 15 is 0 Å². The fourth-order valence-electron chi connectivity index (χ4n) is 1.48. The van der Waals surface area contributed by atoms with Crippen LogP contribution >= 0.6 is 11.6 Å². The molecule has 0 aliphatic rings. The Morgan fingerprint density at radius 3 is 2.73 bits per heavy atom. The number of carboxylic acid groups (broad SMARTS) is 1. The van der Waals surface area contributed by atoms with E-state index in [9.17, 15) is 18.4 Å². The van der Waals surface area contributed by atoms with Crippen LogP contribution in [0.25, 0.3) is 0 Å². The Morgan fingerprint density at radius 2 is 2.14 bits per heavy atom. The van der Waals surface area contributed by atoms with Crippen LogP contribution in [0.3, 0.4) is 0 Å². The Balaban J connectivity index is 2.77. The molecule has 0 bridgehead atoms. The molecule has 22 heavy (non-hydrogen) atoms. The molecule has 0 radical (unpaired) electrons. The molecular weight excluding hydrogens is 322 g/mol. The number of rotatable bonds is 7. The molecule has 1 aromatic rings. The van der Waals surface area contributed by atoms with Crippen LogP contribution < -0.4 is 10.1 Å². The second-order valence-corrected chi connectivity index (χ2v) is 4.72. The fraction of sp³-hybridized carbons (Fsp3) is 0.385. The monoisotopic (exact) mass is 336 g/mol. The number of aliphatic carboxylic acids is 1. The Kier molecular flexibility index (Phi) is 6.84. The molecule has 1 rings (SSSR count). The van der Waals surface area contributed by atoms with Gasteiger partial charge >= 0.3 is 12.0 Å². The number of hydrogen-bond acceptors (Lipinski definition) is 3. The number of nitrogens with zero attached hydrogens (tertiary/aromatic N) is 1. The van der Waals surface area contributed by atoms with Gasteiger partial charge in [0.05, 0.1) is 17.1 Å². The Bertz CT molecular complexity index is 543. The summed E-state index contributed by atoms with van der Waals surface area (Å²) in [5, 5.41) is 11.1. The number of halogens is 3. The summed E-state index contributed by atoms with van der Waals surface area (Å²) >= 11 is 5.87. The van der Waals surface area contributed by atoms with E-state index in [4.69, 9.17) is 21.4 Å². The fourth-order valence-corrected chi connectivity index (χ4v) is 1.70. The lowest BCUT2D eigenvalue weighted by Gasteiger charge is -2.19. The van der Waals surface area contributed by atoms with Crippen molar-refractivity contribution in [3.05, 3.63) is 23.2 Å². The number of anilines is 1. The number of alkyl halides is 2. The number of urea groups is 1. The molecule has 0 aliphatic heterocycles. The third-order valence-corrected chi connectivity index (χ3v) is 2.87. The van der Waals surface area contributed by atoms with Crippen molar-refractivity contribution in [1.82, 2.24) is 4.90 Å². The lowest BCUT2D eigenvalue weighted by molar-refractivity contribution is -0.137. The third kappa shape index (κ3) is 5.72. The summed E-state index contributed by atoms with van der Waals surface area (Å²) in [6.07, 6.45) is -2.90. The molecule has 0 fully saturated rings. The summed E-state index contributed by atoms with van der Waals surface area (Å²) in [6, 6.07) is 3.79. The Hall–Kier alpha value is -2.09. The molecule has 0 heterocycles. The van der Waals surface area contributed by atoms with Crippen molar-refractivity contribution in [3.63, 3.8) is 0 Å². The second-order valence-electron chi connectivity index (χ2n) is 4.31. The highest BCUT2D eigenvalue weighted by Crippen LogP contribution is 2.33. The summed E-state index contributed by atoms with van der Waals surface area (Å²) in [4.78, 5) is 23.5. The quantitative estimate of drug-likeness (QED) is 0.802. The van der Waals surface area contributed by atoms with Crippen LogP contribution in [0.5, 0.6) is 5.75 Å². The van der Waals surface area contributed by atoms with Crippen molar-refractivity contribution in [2.75, 3.05) is 25.5 Å². The van der Waals surface area contributed by atoms with E-state index in [0.717, 1.165) is 4.90 Å². The molecule has 122 valence electrons. The largest absolute Gasteiger partial charge is 0.484 e. The van der Waals surface area contributed by atoms with Gasteiger partial charge in [0.15, 0.2) is 5.75 Å². The normalized spacial score (nSPS) is 10.4. The minimum Gasteiger partial charge on any atom is -0.484 e. The van der Waals surface area contributed by atoms with Crippen molar-refractivity contribution in [2.24, 2.45) is 0 Å². The van der Waals surface area contributed by atoms with E-state index in [1.807, 2.05) is 0 Å². The maximum absolute atomic E-state index is 12.2. The zero-order chi connectivity index (χ0) is 16.7. The van der Waals surface area contributed by atoms with Crippen LogP contribution in [0.1, 0.15) is 6.42 Å². The van der Waals surface area contributed by atoms with Crippen molar-refractivity contribution in [1.29, 1.82) is 0 Å². The lowest BCUT2D eigenvalue weighted by Crippen LogP contribution is -2.33. The maximum Gasteiger partial charge on any atom is 0.321 e. The molecule has 2 amide bonds. The first kappa shape index (κ1) is 18.0. The van der Waals surface area contributed by atoms with Gasteiger partial charge in [0.25, 0.3) is 6.43 Å². The topological polar surface area (TPSA) is 78.9 Å². The Labute approximate surface area is 130 Å². The van der Waals surface area contributed by atoms with Gasteiger partial charge in [-0.15, -0.1) is 0 Å². The zero-order valence-electron chi connectivity index (χ0n) is 11.7. The van der Waals surface area contributed by atoms with Gasteiger partial charge in [0.1, 0.15) is 6.61 Å². The minimum atomic E-state index is -2.68. The number of amides is 2. The first-order chi connectivity index (χ1) is 10.3. The summed E-state index contributed by atoms with van der Waals surface area (Å²) in [7, 11) is 1.41.